The SMILES string of the molecule is CC(=O)NC(CCC(=O)O)Cc1cc(C)ccc1O. The summed E-state index contributed by atoms with van der Waals surface area (Å²) in [6.07, 6.45) is 0.736. The first-order valence-electron chi connectivity index (χ1n) is 6.16. The number of hydrogen-bond acceptors (Lipinski definition) is 3. The molecular formula is C14H19NO4. The van der Waals surface area contributed by atoms with E-state index in [0.29, 0.717) is 18.4 Å². The average Bonchev–Trinajstić information content (AvgIpc) is 2.30. The van der Waals surface area contributed by atoms with Crippen LogP contribution in [0, 0.1) is 6.92 Å². The lowest BCUT2D eigenvalue weighted by Gasteiger charge is -2.18. The number of benzene rings is 1. The predicted molar refractivity (Wildman–Crippen MR) is 71.0 cm³/mol. The molecule has 0 heterocycles. The van der Waals surface area contributed by atoms with Gasteiger partial charge in [-0.2, -0.15) is 0 Å². The summed E-state index contributed by atoms with van der Waals surface area (Å²) in [5.74, 6) is -0.942. The third-order valence-corrected chi connectivity index (χ3v) is 2.82. The lowest BCUT2D eigenvalue weighted by Crippen LogP contribution is -2.35. The summed E-state index contributed by atoms with van der Waals surface area (Å²) < 4.78 is 0. The molecule has 0 saturated heterocycles. The minimum atomic E-state index is -0.899. The number of nitrogens with one attached hydrogen (secondary N) is 1. The maximum atomic E-state index is 11.1. The standard InChI is InChI=1S/C14H19NO4/c1-9-3-5-13(17)11(7-9)8-12(15-10(2)16)4-6-14(18)19/h3,5,7,12,17H,4,6,8H2,1-2H3,(H,15,16)(H,18,19). The Morgan fingerprint density at radius 2 is 2.05 bits per heavy atom. The highest BCUT2D eigenvalue weighted by Crippen LogP contribution is 2.20. The molecule has 0 aliphatic carbocycles. The molecule has 0 aliphatic heterocycles. The van der Waals surface area contributed by atoms with Gasteiger partial charge in [0, 0.05) is 19.4 Å². The zero-order valence-corrected chi connectivity index (χ0v) is 11.1. The molecule has 3 N–H and O–H groups in total. The average molecular weight is 265 g/mol. The Morgan fingerprint density at radius 3 is 2.63 bits per heavy atom. The molecular weight excluding hydrogens is 246 g/mol. The highest BCUT2D eigenvalue weighted by Gasteiger charge is 2.15. The van der Waals surface area contributed by atoms with E-state index in [1.165, 1.54) is 6.92 Å². The second kappa shape index (κ2) is 6.78. The van der Waals surface area contributed by atoms with Gasteiger partial charge in [0.05, 0.1) is 0 Å². The largest absolute Gasteiger partial charge is 0.508 e. The highest BCUT2D eigenvalue weighted by molar-refractivity contribution is 5.73. The topological polar surface area (TPSA) is 86.6 Å². The van der Waals surface area contributed by atoms with Gasteiger partial charge < -0.3 is 15.5 Å². The van der Waals surface area contributed by atoms with Crippen LogP contribution in [0.15, 0.2) is 18.2 Å². The van der Waals surface area contributed by atoms with Gasteiger partial charge >= 0.3 is 5.97 Å². The van der Waals surface area contributed by atoms with Gasteiger partial charge in [-0.05, 0) is 31.4 Å². The maximum Gasteiger partial charge on any atom is 0.303 e. The Kier molecular flexibility index (Phi) is 5.36. The van der Waals surface area contributed by atoms with Crippen molar-refractivity contribution in [3.05, 3.63) is 29.3 Å². The van der Waals surface area contributed by atoms with Crippen molar-refractivity contribution >= 4 is 11.9 Å². The second-order valence-electron chi connectivity index (χ2n) is 4.67. The first kappa shape index (κ1) is 15.0. The fraction of sp³-hybridized carbons (Fsp3) is 0.429. The normalized spacial score (nSPS) is 11.9. The van der Waals surface area contributed by atoms with Crippen molar-refractivity contribution < 1.29 is 19.8 Å². The molecule has 19 heavy (non-hydrogen) atoms. The van der Waals surface area contributed by atoms with Gasteiger partial charge in [0.2, 0.25) is 5.91 Å². The van der Waals surface area contributed by atoms with E-state index in [4.69, 9.17) is 5.11 Å². The number of aryl methyl sites for hydroxylation is 1. The quantitative estimate of drug-likeness (QED) is 0.729. The van der Waals surface area contributed by atoms with E-state index in [1.807, 2.05) is 13.0 Å². The van der Waals surface area contributed by atoms with Crippen molar-refractivity contribution in [3.63, 3.8) is 0 Å². The summed E-state index contributed by atoms with van der Waals surface area (Å²) in [7, 11) is 0. The third kappa shape index (κ3) is 5.42. The van der Waals surface area contributed by atoms with E-state index in [1.54, 1.807) is 12.1 Å². The van der Waals surface area contributed by atoms with E-state index in [2.05, 4.69) is 5.32 Å². The van der Waals surface area contributed by atoms with Crippen LogP contribution < -0.4 is 5.32 Å². The van der Waals surface area contributed by atoms with E-state index in [-0.39, 0.29) is 24.1 Å². The van der Waals surface area contributed by atoms with Crippen molar-refractivity contribution in [2.75, 3.05) is 0 Å². The van der Waals surface area contributed by atoms with Crippen LogP contribution in [0.2, 0.25) is 0 Å². The number of carboxylic acids is 1. The van der Waals surface area contributed by atoms with Crippen LogP contribution in [0.4, 0.5) is 0 Å². The van der Waals surface area contributed by atoms with Crippen molar-refractivity contribution in [3.8, 4) is 5.75 Å². The van der Waals surface area contributed by atoms with Crippen molar-refractivity contribution in [1.82, 2.24) is 5.32 Å². The monoisotopic (exact) mass is 265 g/mol. The molecule has 0 fully saturated rings. The second-order valence-corrected chi connectivity index (χ2v) is 4.67. The highest BCUT2D eigenvalue weighted by atomic mass is 16.4. The van der Waals surface area contributed by atoms with Crippen LogP contribution in [0.25, 0.3) is 0 Å². The number of hydrogen-bond donors (Lipinski definition) is 3. The zero-order chi connectivity index (χ0) is 14.4. The minimum absolute atomic E-state index is 0.0163. The molecule has 5 heteroatoms. The molecule has 1 unspecified atom stereocenters. The number of phenolic OH excluding ortho intramolecular Hbond substituents is 1. The van der Waals surface area contributed by atoms with E-state index >= 15 is 0 Å². The Morgan fingerprint density at radius 1 is 1.37 bits per heavy atom. The molecule has 104 valence electrons. The summed E-state index contributed by atoms with van der Waals surface area (Å²) in [4.78, 5) is 21.7. The van der Waals surface area contributed by atoms with Crippen molar-refractivity contribution in [1.29, 1.82) is 0 Å². The number of aromatic hydroxyl groups is 1. The number of carbonyl (C=O) groups excluding carboxylic acids is 1. The van der Waals surface area contributed by atoms with Gasteiger partial charge in [0.1, 0.15) is 5.75 Å². The van der Waals surface area contributed by atoms with Gasteiger partial charge in [-0.25, -0.2) is 0 Å². The molecule has 0 bridgehead atoms. The molecule has 0 spiro atoms. The molecule has 1 aromatic carbocycles. The molecule has 1 aromatic rings. The number of carbonyl (C=O) groups is 2. The summed E-state index contributed by atoms with van der Waals surface area (Å²) in [5, 5.41) is 21.2. The molecule has 0 aliphatic rings. The number of aliphatic carboxylic acids is 1. The van der Waals surface area contributed by atoms with E-state index < -0.39 is 5.97 Å². The summed E-state index contributed by atoms with van der Waals surface area (Å²) in [6, 6.07) is 4.95. The fourth-order valence-corrected chi connectivity index (χ4v) is 1.95. The summed E-state index contributed by atoms with van der Waals surface area (Å²) in [5.41, 5.74) is 1.72. The summed E-state index contributed by atoms with van der Waals surface area (Å²) >= 11 is 0. The molecule has 0 saturated carbocycles. The van der Waals surface area contributed by atoms with Crippen LogP contribution >= 0.6 is 0 Å². The lowest BCUT2D eigenvalue weighted by molar-refractivity contribution is -0.137. The van der Waals surface area contributed by atoms with E-state index in [9.17, 15) is 14.7 Å². The van der Waals surface area contributed by atoms with Gasteiger partial charge in [-0.1, -0.05) is 17.7 Å². The van der Waals surface area contributed by atoms with E-state index in [0.717, 1.165) is 5.56 Å². The first-order valence-corrected chi connectivity index (χ1v) is 6.16. The maximum absolute atomic E-state index is 11.1. The molecule has 0 aromatic heterocycles. The molecule has 1 amide bonds. The van der Waals surface area contributed by atoms with Crippen LogP contribution in [0.1, 0.15) is 30.9 Å². The Hall–Kier alpha value is -2.04. The minimum Gasteiger partial charge on any atom is -0.508 e. The van der Waals surface area contributed by atoms with Crippen molar-refractivity contribution in [2.45, 2.75) is 39.2 Å². The van der Waals surface area contributed by atoms with Gasteiger partial charge in [0.25, 0.3) is 0 Å². The van der Waals surface area contributed by atoms with Gasteiger partial charge in [0.15, 0.2) is 0 Å². The fourth-order valence-electron chi connectivity index (χ4n) is 1.95. The predicted octanol–water partition coefficient (Wildman–Crippen LogP) is 1.61. The number of amides is 1. The Balaban J connectivity index is 2.77. The van der Waals surface area contributed by atoms with Crippen LogP contribution in [-0.2, 0) is 16.0 Å². The summed E-state index contributed by atoms with van der Waals surface area (Å²) in [6.45, 7) is 3.30. The Labute approximate surface area is 112 Å². The molecule has 1 atom stereocenters. The van der Waals surface area contributed by atoms with Crippen LogP contribution in [0.5, 0.6) is 5.75 Å². The third-order valence-electron chi connectivity index (χ3n) is 2.82. The Bertz CT molecular complexity index is 471. The van der Waals surface area contributed by atoms with Gasteiger partial charge in [-0.3, -0.25) is 9.59 Å². The smallest absolute Gasteiger partial charge is 0.303 e. The van der Waals surface area contributed by atoms with Gasteiger partial charge in [-0.15, -0.1) is 0 Å². The zero-order valence-electron chi connectivity index (χ0n) is 11.1. The number of phenols is 1. The first-order chi connectivity index (χ1) is 8.88. The van der Waals surface area contributed by atoms with Crippen LogP contribution in [0.3, 0.4) is 0 Å². The number of carboxylic acid groups (broad SMARTS) is 1. The lowest BCUT2D eigenvalue weighted by atomic mass is 9.99. The van der Waals surface area contributed by atoms with Crippen molar-refractivity contribution in [2.24, 2.45) is 0 Å². The van der Waals surface area contributed by atoms with Crippen LogP contribution in [-0.4, -0.2) is 28.1 Å². The molecule has 5 nitrogen and oxygen atoms in total. The molecule has 0 radical (unpaired) electrons. The number of rotatable bonds is 6. The molecule has 1 rings (SSSR count).